The van der Waals surface area contributed by atoms with Crippen molar-refractivity contribution >= 4 is 0 Å². The molecule has 0 bridgehead atoms. The average molecular weight is 546 g/mol. The maximum Gasteiger partial charge on any atom is 0.256 e. The molecule has 1 rings (SSSR count). The minimum atomic E-state index is 1.11. The quantitative estimate of drug-likeness (QED) is 0.0648. The van der Waals surface area contributed by atoms with E-state index in [1.54, 1.807) is 5.82 Å². The summed E-state index contributed by atoms with van der Waals surface area (Å²) in [5.74, 6) is 1.57. The van der Waals surface area contributed by atoms with E-state index in [0.717, 1.165) is 6.54 Å². The van der Waals surface area contributed by atoms with E-state index in [0.29, 0.717) is 0 Å². The van der Waals surface area contributed by atoms with Crippen LogP contribution in [0.4, 0.5) is 0 Å². The molecule has 1 aromatic rings. The second-order valence-electron chi connectivity index (χ2n) is 12.6. The Kier molecular flexibility index (Phi) is 26.7. The number of aryl methyl sites for hydroxylation is 2. The van der Waals surface area contributed by atoms with E-state index in [1.165, 1.54) is 193 Å². The molecule has 230 valence electrons. The van der Waals surface area contributed by atoms with Crippen LogP contribution in [0.15, 0.2) is 12.4 Å². The van der Waals surface area contributed by atoms with E-state index >= 15 is 0 Å². The monoisotopic (exact) mass is 546 g/mol. The number of unbranched alkanes of at least 4 members (excludes halogenated alkanes) is 26. The van der Waals surface area contributed by atoms with Gasteiger partial charge in [-0.05, 0) is 26.2 Å². The first-order chi connectivity index (χ1) is 19.3. The van der Waals surface area contributed by atoms with Crippen molar-refractivity contribution in [2.75, 3.05) is 0 Å². The van der Waals surface area contributed by atoms with Crippen molar-refractivity contribution < 1.29 is 4.57 Å². The van der Waals surface area contributed by atoms with Crippen molar-refractivity contribution in [2.45, 2.75) is 220 Å². The normalized spacial score (nSPS) is 11.6. The molecule has 0 aliphatic heterocycles. The summed E-state index contributed by atoms with van der Waals surface area (Å²) >= 11 is 0. The first-order valence-corrected chi connectivity index (χ1v) is 18.4. The molecule has 1 heterocycles. The molecule has 0 radical (unpaired) electrons. The van der Waals surface area contributed by atoms with Crippen LogP contribution in [0.25, 0.3) is 0 Å². The molecule has 2 nitrogen and oxygen atoms in total. The predicted octanol–water partition coefficient (Wildman–Crippen LogP) is 12.3. The second-order valence-corrected chi connectivity index (χ2v) is 12.6. The van der Waals surface area contributed by atoms with Gasteiger partial charge in [0.1, 0.15) is 12.4 Å². The molecule has 0 saturated carbocycles. The van der Waals surface area contributed by atoms with E-state index in [9.17, 15) is 0 Å². The van der Waals surface area contributed by atoms with Gasteiger partial charge < -0.3 is 0 Å². The van der Waals surface area contributed by atoms with Crippen molar-refractivity contribution in [1.29, 1.82) is 0 Å². The Balaban J connectivity index is 1.98. The van der Waals surface area contributed by atoms with Crippen LogP contribution in [0, 0.1) is 0 Å². The van der Waals surface area contributed by atoms with E-state index in [1.807, 2.05) is 0 Å². The summed E-state index contributed by atoms with van der Waals surface area (Å²) in [6.07, 6.45) is 46.3. The van der Waals surface area contributed by atoms with Crippen LogP contribution in [0.3, 0.4) is 0 Å². The lowest BCUT2D eigenvalue weighted by atomic mass is 10.0. The molecule has 0 spiro atoms. The molecular formula is C37H73N2+. The summed E-state index contributed by atoms with van der Waals surface area (Å²) in [6.45, 7) is 9.24. The van der Waals surface area contributed by atoms with Crippen molar-refractivity contribution in [3.63, 3.8) is 0 Å². The fourth-order valence-electron chi connectivity index (χ4n) is 6.23. The average Bonchev–Trinajstić information content (AvgIpc) is 3.34. The van der Waals surface area contributed by atoms with Crippen LogP contribution in [-0.2, 0) is 19.5 Å². The van der Waals surface area contributed by atoms with Gasteiger partial charge in [0.15, 0.2) is 0 Å². The van der Waals surface area contributed by atoms with E-state index in [2.05, 4.69) is 42.3 Å². The summed E-state index contributed by atoms with van der Waals surface area (Å²) in [6, 6.07) is 0. The molecule has 0 saturated heterocycles. The lowest BCUT2D eigenvalue weighted by molar-refractivity contribution is -0.700. The Labute approximate surface area is 247 Å². The molecule has 0 aliphatic rings. The first-order valence-electron chi connectivity index (χ1n) is 18.4. The zero-order chi connectivity index (χ0) is 28.1. The third-order valence-electron chi connectivity index (χ3n) is 8.94. The van der Waals surface area contributed by atoms with Crippen molar-refractivity contribution in [3.05, 3.63) is 18.2 Å². The second kappa shape index (κ2) is 28.7. The maximum absolute atomic E-state index is 2.58. The highest BCUT2D eigenvalue weighted by atomic mass is 15.1. The van der Waals surface area contributed by atoms with Gasteiger partial charge in [-0.3, -0.25) is 0 Å². The molecule has 0 aromatic carbocycles. The highest BCUT2D eigenvalue weighted by Gasteiger charge is 2.15. The molecule has 2 heteroatoms. The summed E-state index contributed by atoms with van der Waals surface area (Å²) in [4.78, 5) is 0. The molecular weight excluding hydrogens is 472 g/mol. The Morgan fingerprint density at radius 2 is 0.769 bits per heavy atom. The molecule has 39 heavy (non-hydrogen) atoms. The number of rotatable bonds is 31. The van der Waals surface area contributed by atoms with Gasteiger partial charge in [-0.1, -0.05) is 174 Å². The Bertz CT molecular complexity index is 605. The smallest absolute Gasteiger partial charge is 0.235 e. The number of aromatic nitrogens is 2. The molecule has 1 aromatic heterocycles. The number of imidazole rings is 1. The minimum Gasteiger partial charge on any atom is -0.235 e. The van der Waals surface area contributed by atoms with Crippen LogP contribution in [-0.4, -0.2) is 4.57 Å². The zero-order valence-corrected chi connectivity index (χ0v) is 27.5. The molecule has 0 N–H and O–H groups in total. The summed E-state index contributed by atoms with van der Waals surface area (Å²) in [5.41, 5.74) is 0. The summed E-state index contributed by atoms with van der Waals surface area (Å²) in [5, 5.41) is 0. The van der Waals surface area contributed by atoms with E-state index < -0.39 is 0 Å². The topological polar surface area (TPSA) is 8.81 Å². The van der Waals surface area contributed by atoms with Gasteiger partial charge in [0.05, 0.1) is 13.1 Å². The zero-order valence-electron chi connectivity index (χ0n) is 27.5. The number of hydrogen-bond donors (Lipinski definition) is 0. The Hall–Kier alpha value is -0.790. The minimum absolute atomic E-state index is 1.11. The van der Waals surface area contributed by atoms with E-state index in [-0.39, 0.29) is 0 Å². The highest BCUT2D eigenvalue weighted by Crippen LogP contribution is 2.15. The first kappa shape index (κ1) is 36.2. The third-order valence-corrected chi connectivity index (χ3v) is 8.94. The highest BCUT2D eigenvalue weighted by molar-refractivity contribution is 4.84. The summed E-state index contributed by atoms with van der Waals surface area (Å²) in [7, 11) is 0. The van der Waals surface area contributed by atoms with Gasteiger partial charge in [-0.25, -0.2) is 9.13 Å². The van der Waals surface area contributed by atoms with Crippen molar-refractivity contribution in [2.24, 2.45) is 0 Å². The van der Waals surface area contributed by atoms with Crippen LogP contribution in [0.5, 0.6) is 0 Å². The Morgan fingerprint density at radius 1 is 0.436 bits per heavy atom. The largest absolute Gasteiger partial charge is 0.256 e. The van der Waals surface area contributed by atoms with Crippen molar-refractivity contribution in [3.8, 4) is 0 Å². The van der Waals surface area contributed by atoms with Gasteiger partial charge in [-0.15, -0.1) is 0 Å². The standard InChI is InChI=1S/C37H73N2/c1-4-7-9-11-13-15-17-19-20-21-22-24-26-28-30-32-34-39-36-35-38(6-3)37(39)33-31-29-27-25-23-18-16-14-12-10-8-5-2/h35-36H,4-34H2,1-3H3/q+1. The van der Waals surface area contributed by atoms with Crippen molar-refractivity contribution in [1.82, 2.24) is 4.57 Å². The third kappa shape index (κ3) is 21.6. The van der Waals surface area contributed by atoms with Gasteiger partial charge >= 0.3 is 0 Å². The number of nitrogens with zero attached hydrogens (tertiary/aromatic N) is 2. The predicted molar refractivity (Wildman–Crippen MR) is 175 cm³/mol. The lowest BCUT2D eigenvalue weighted by Crippen LogP contribution is -2.36. The molecule has 0 fully saturated rings. The maximum atomic E-state index is 2.58. The van der Waals surface area contributed by atoms with Crippen LogP contribution < -0.4 is 4.57 Å². The molecule has 0 amide bonds. The van der Waals surface area contributed by atoms with Crippen LogP contribution in [0.1, 0.15) is 206 Å². The van der Waals surface area contributed by atoms with Gasteiger partial charge in [-0.2, -0.15) is 0 Å². The fourth-order valence-corrected chi connectivity index (χ4v) is 6.23. The van der Waals surface area contributed by atoms with Crippen LogP contribution in [0.2, 0.25) is 0 Å². The number of hydrogen-bond acceptors (Lipinski definition) is 0. The van der Waals surface area contributed by atoms with Gasteiger partial charge in [0.25, 0.3) is 5.82 Å². The van der Waals surface area contributed by atoms with Gasteiger partial charge in [0, 0.05) is 6.42 Å². The molecule has 0 aliphatic carbocycles. The lowest BCUT2D eigenvalue weighted by Gasteiger charge is -2.06. The van der Waals surface area contributed by atoms with Gasteiger partial charge in [0.2, 0.25) is 0 Å². The fraction of sp³-hybridized carbons (Fsp3) is 0.919. The summed E-state index contributed by atoms with van der Waals surface area (Å²) < 4.78 is 5.07. The molecule has 0 unspecified atom stereocenters. The van der Waals surface area contributed by atoms with Crippen LogP contribution >= 0.6 is 0 Å². The SMILES string of the molecule is CCCCCCCCCCCCCCCCCCn1cc[n+](CC)c1CCCCCCCCCCCCCC. The molecule has 0 atom stereocenters. The Morgan fingerprint density at radius 3 is 1.13 bits per heavy atom. The van der Waals surface area contributed by atoms with E-state index in [4.69, 9.17) is 0 Å².